The molecule has 6 amide bonds. The number of ether oxygens (including phenoxy) is 2. The number of fused-ring (bicyclic) bond motifs is 2. The first-order chi connectivity index (χ1) is 32.9. The topological polar surface area (TPSA) is 171 Å². The molecule has 17 heteroatoms. The molecule has 0 bridgehead atoms. The fraction of sp³-hybridized carbons (Fsp3) is 0.471. The summed E-state index contributed by atoms with van der Waals surface area (Å²) in [4.78, 5) is 89.3. The maximum atomic E-state index is 14.1. The number of benzene rings is 3. The van der Waals surface area contributed by atoms with Crippen molar-refractivity contribution in [2.75, 3.05) is 69.2 Å². The van der Waals surface area contributed by atoms with Gasteiger partial charge in [-0.3, -0.25) is 48.9 Å². The number of nitrogens with one attached hydrogen (secondary N) is 2. The summed E-state index contributed by atoms with van der Waals surface area (Å²) in [5, 5.41) is 6.63. The van der Waals surface area contributed by atoms with Crippen molar-refractivity contribution in [3.05, 3.63) is 94.4 Å². The molecule has 3 aromatic carbocycles. The Bertz CT molecular complexity index is 2590. The van der Waals surface area contributed by atoms with E-state index in [-0.39, 0.29) is 60.4 Å². The minimum atomic E-state index is -1.01. The van der Waals surface area contributed by atoms with Gasteiger partial charge in [-0.25, -0.2) is 4.39 Å². The van der Waals surface area contributed by atoms with Gasteiger partial charge < -0.3 is 24.6 Å². The van der Waals surface area contributed by atoms with Crippen molar-refractivity contribution in [3.63, 3.8) is 0 Å². The third kappa shape index (κ3) is 10.2. The first-order valence-electron chi connectivity index (χ1n) is 23.9. The Morgan fingerprint density at radius 3 is 2.43 bits per heavy atom. The van der Waals surface area contributed by atoms with Gasteiger partial charge in [-0.2, -0.15) is 0 Å². The molecule has 1 aliphatic carbocycles. The Balaban J connectivity index is 0.664. The highest BCUT2D eigenvalue weighted by Crippen LogP contribution is 2.42. The fourth-order valence-electron chi connectivity index (χ4n) is 10.6. The van der Waals surface area contributed by atoms with Gasteiger partial charge in [-0.05, 0) is 98.0 Å². The maximum Gasteiger partial charge on any atom is 0.264 e. The average Bonchev–Trinajstić information content (AvgIpc) is 3.60. The largest absolute Gasteiger partial charge is 0.489 e. The molecule has 0 spiro atoms. The van der Waals surface area contributed by atoms with E-state index in [1.54, 1.807) is 48.7 Å². The van der Waals surface area contributed by atoms with Crippen LogP contribution < -0.4 is 20.3 Å². The van der Waals surface area contributed by atoms with Crippen molar-refractivity contribution in [3.8, 4) is 5.75 Å². The van der Waals surface area contributed by atoms with E-state index in [9.17, 15) is 33.2 Å². The summed E-state index contributed by atoms with van der Waals surface area (Å²) in [7, 11) is 0. The summed E-state index contributed by atoms with van der Waals surface area (Å²) < 4.78 is 26.3. The minimum Gasteiger partial charge on any atom is -0.489 e. The molecule has 2 atom stereocenters. The summed E-state index contributed by atoms with van der Waals surface area (Å²) in [6.07, 6.45) is 7.03. The van der Waals surface area contributed by atoms with Gasteiger partial charge in [0, 0.05) is 94.3 Å². The van der Waals surface area contributed by atoms with Crippen molar-refractivity contribution in [2.45, 2.75) is 82.8 Å². The molecule has 2 N–H and O–H groups in total. The number of halogens is 2. The fourth-order valence-corrected chi connectivity index (χ4v) is 10.7. The van der Waals surface area contributed by atoms with Crippen LogP contribution in [0.5, 0.6) is 5.75 Å². The number of rotatable bonds is 14. The molecule has 1 saturated carbocycles. The van der Waals surface area contributed by atoms with Crippen LogP contribution in [0, 0.1) is 17.7 Å². The van der Waals surface area contributed by atoms with Crippen LogP contribution in [-0.2, 0) is 23.9 Å². The van der Waals surface area contributed by atoms with Gasteiger partial charge in [0.1, 0.15) is 23.7 Å². The van der Waals surface area contributed by atoms with Crippen molar-refractivity contribution in [1.82, 2.24) is 25.0 Å². The van der Waals surface area contributed by atoms with Crippen LogP contribution in [0.1, 0.15) is 96.9 Å². The number of piperidine rings is 2. The number of hydrogen-bond acceptors (Lipinski definition) is 11. The van der Waals surface area contributed by atoms with Crippen LogP contribution >= 0.6 is 11.6 Å². The Hall–Kier alpha value is -5.97. The van der Waals surface area contributed by atoms with Gasteiger partial charge in [0.2, 0.25) is 23.6 Å². The number of anilines is 2. The number of carbonyl (C=O) groups is 6. The van der Waals surface area contributed by atoms with E-state index in [1.807, 2.05) is 24.0 Å². The number of piperazine rings is 1. The summed E-state index contributed by atoms with van der Waals surface area (Å²) >= 11 is 6.56. The predicted octanol–water partition coefficient (Wildman–Crippen LogP) is 6.58. The molecule has 4 aromatic rings. The quantitative estimate of drug-likeness (QED) is 0.104. The Labute approximate surface area is 399 Å². The highest BCUT2D eigenvalue weighted by molar-refractivity contribution is 6.32. The lowest BCUT2D eigenvalue weighted by atomic mass is 9.73. The number of imide groups is 2. The second-order valence-corrected chi connectivity index (χ2v) is 19.0. The van der Waals surface area contributed by atoms with Gasteiger partial charge in [-0.15, -0.1) is 0 Å². The summed E-state index contributed by atoms with van der Waals surface area (Å²) in [5.41, 5.74) is 3.76. The number of carbonyl (C=O) groups excluding carboxylic acids is 6. The smallest absolute Gasteiger partial charge is 0.264 e. The third-order valence-corrected chi connectivity index (χ3v) is 14.8. The van der Waals surface area contributed by atoms with Crippen LogP contribution in [0.2, 0.25) is 5.02 Å². The Kier molecular flexibility index (Phi) is 14.4. The lowest BCUT2D eigenvalue weighted by Gasteiger charge is -2.36. The molecule has 0 radical (unpaired) electrons. The standard InChI is InChI=1S/C51H57ClFN7O8/c1-31(32-5-7-33(8-6-32)37-15-19-54-41-12-9-34(53)29-39(37)41)48(63)55-35-10-11-40(52)44(30-35)68-36-16-20-59(21-17-36)46(62)18-27-67-28-26-57-22-24-58(25-23-57)42-4-2-3-38-47(42)51(66)60(50(38)65)43-13-14-45(61)56-49(43)64/h2-4,9-12,15,19,29-33,36,43H,5-8,13-14,16-18,20-28H2,1H3,(H,55,63)(H,56,61,64)/t31-,32-,33+,43?/m1/s1. The van der Waals surface area contributed by atoms with Gasteiger partial charge in [-0.1, -0.05) is 24.6 Å². The highest BCUT2D eigenvalue weighted by Gasteiger charge is 2.46. The van der Waals surface area contributed by atoms with Crippen LogP contribution in [0.15, 0.2) is 66.9 Å². The number of amides is 6. The van der Waals surface area contributed by atoms with E-state index in [0.29, 0.717) is 105 Å². The van der Waals surface area contributed by atoms with Crippen molar-refractivity contribution in [1.29, 1.82) is 0 Å². The van der Waals surface area contributed by atoms with E-state index in [1.165, 1.54) is 6.07 Å². The predicted molar refractivity (Wildman–Crippen MR) is 253 cm³/mol. The number of aromatic nitrogens is 1. The molecule has 5 aliphatic rings. The third-order valence-electron chi connectivity index (χ3n) is 14.5. The van der Waals surface area contributed by atoms with E-state index in [2.05, 4.69) is 25.4 Å². The van der Waals surface area contributed by atoms with Crippen LogP contribution in [-0.4, -0.2) is 126 Å². The molecule has 358 valence electrons. The molecule has 1 unspecified atom stereocenters. The zero-order valence-electron chi connectivity index (χ0n) is 38.2. The number of pyridine rings is 1. The van der Waals surface area contributed by atoms with Gasteiger partial charge >= 0.3 is 0 Å². The monoisotopic (exact) mass is 949 g/mol. The lowest BCUT2D eigenvalue weighted by molar-refractivity contribution is -0.136. The summed E-state index contributed by atoms with van der Waals surface area (Å²) in [6, 6.07) is 16.2. The minimum absolute atomic E-state index is 0.0308. The van der Waals surface area contributed by atoms with Crippen LogP contribution in [0.3, 0.4) is 0 Å². The van der Waals surface area contributed by atoms with E-state index in [0.717, 1.165) is 47.0 Å². The molecule has 1 aromatic heterocycles. The van der Waals surface area contributed by atoms with Crippen LogP contribution in [0.25, 0.3) is 10.9 Å². The molecular weight excluding hydrogens is 893 g/mol. The molecule has 5 heterocycles. The van der Waals surface area contributed by atoms with E-state index < -0.39 is 29.7 Å². The average molecular weight is 951 g/mol. The molecule has 9 rings (SSSR count). The molecule has 68 heavy (non-hydrogen) atoms. The van der Waals surface area contributed by atoms with Crippen molar-refractivity contribution >= 4 is 69.3 Å². The molecule has 4 fully saturated rings. The van der Waals surface area contributed by atoms with Crippen LogP contribution in [0.4, 0.5) is 15.8 Å². The van der Waals surface area contributed by atoms with Gasteiger partial charge in [0.05, 0.1) is 47.0 Å². The number of likely N-dealkylation sites (tertiary alicyclic amines) is 1. The normalized spacial score (nSPS) is 22.0. The first-order valence-corrected chi connectivity index (χ1v) is 24.3. The van der Waals surface area contributed by atoms with Crippen molar-refractivity contribution in [2.24, 2.45) is 11.8 Å². The second-order valence-electron chi connectivity index (χ2n) is 18.6. The number of hydrogen-bond donors (Lipinski definition) is 2. The van der Waals surface area contributed by atoms with Gasteiger partial charge in [0.15, 0.2) is 0 Å². The SMILES string of the molecule is C[C@@H](C(=O)Nc1ccc(Cl)c(OC2CCN(C(=O)CCOCCN3CCN(c4cccc5c4C(=O)N(C4CCC(=O)NC4=O)C5=O)CC3)CC2)c1)[C@H]1CC[C@@H](c2ccnc3ccc(F)cc32)CC1. The molecule has 15 nitrogen and oxygen atoms in total. The van der Waals surface area contributed by atoms with E-state index >= 15 is 0 Å². The molecule has 4 aliphatic heterocycles. The van der Waals surface area contributed by atoms with Gasteiger partial charge in [0.25, 0.3) is 11.8 Å². The summed E-state index contributed by atoms with van der Waals surface area (Å²) in [6.45, 7) is 7.22. The Morgan fingerprint density at radius 1 is 0.882 bits per heavy atom. The first kappa shape index (κ1) is 47.1. The van der Waals surface area contributed by atoms with Crippen molar-refractivity contribution < 1.29 is 42.6 Å². The summed E-state index contributed by atoms with van der Waals surface area (Å²) in [5.74, 6) is -1.55. The molecular formula is C51H57ClFN7O8. The zero-order chi connectivity index (χ0) is 47.5. The van der Waals surface area contributed by atoms with E-state index in [4.69, 9.17) is 21.1 Å². The zero-order valence-corrected chi connectivity index (χ0v) is 39.0. The second kappa shape index (κ2) is 20.7. The highest BCUT2D eigenvalue weighted by atomic mass is 35.5. The Morgan fingerprint density at radius 2 is 1.66 bits per heavy atom. The number of nitrogens with zero attached hydrogens (tertiary/aromatic N) is 5. The lowest BCUT2D eigenvalue weighted by Crippen LogP contribution is -2.54. The molecule has 3 saturated heterocycles. The maximum absolute atomic E-state index is 14.1.